The summed E-state index contributed by atoms with van der Waals surface area (Å²) in [5.41, 5.74) is 3.24. The van der Waals surface area contributed by atoms with E-state index in [0.29, 0.717) is 45.4 Å². The Bertz CT molecular complexity index is 2200. The molecule has 59 heavy (non-hydrogen) atoms. The Hall–Kier alpha value is -4.39. The van der Waals surface area contributed by atoms with Crippen LogP contribution in [0, 0.1) is 11.3 Å². The number of fused-ring (bicyclic) bond motifs is 5. The number of anilines is 1. The number of ether oxygens (including phenoxy) is 4. The molecule has 1 saturated carbocycles. The summed E-state index contributed by atoms with van der Waals surface area (Å²) < 4.78 is 24.4. The van der Waals surface area contributed by atoms with Crippen LogP contribution in [-0.4, -0.2) is 124 Å². The van der Waals surface area contributed by atoms with Gasteiger partial charge in [-0.15, -0.1) is 0 Å². The number of carbonyl (C=O) groups is 3. The molecule has 2 fully saturated rings. The van der Waals surface area contributed by atoms with Crippen molar-refractivity contribution in [3.63, 3.8) is 0 Å². The quantitative estimate of drug-likeness (QED) is 0.181. The predicted molar refractivity (Wildman–Crippen MR) is 227 cm³/mol. The topological polar surface area (TPSA) is 118 Å². The van der Waals surface area contributed by atoms with Crippen LogP contribution < -0.4 is 15.1 Å². The van der Waals surface area contributed by atoms with Gasteiger partial charge < -0.3 is 29.0 Å². The summed E-state index contributed by atoms with van der Waals surface area (Å²) >= 11 is 0. The number of benzene rings is 2. The summed E-state index contributed by atoms with van der Waals surface area (Å²) in [7, 11) is 5.45. The first-order chi connectivity index (χ1) is 28.4. The van der Waals surface area contributed by atoms with Gasteiger partial charge in [0.25, 0.3) is 0 Å². The van der Waals surface area contributed by atoms with Crippen molar-refractivity contribution in [3.8, 4) is 5.75 Å². The van der Waals surface area contributed by atoms with Crippen molar-refractivity contribution >= 4 is 41.9 Å². The molecule has 1 spiro atoms. The van der Waals surface area contributed by atoms with Crippen molar-refractivity contribution in [2.24, 2.45) is 11.3 Å². The van der Waals surface area contributed by atoms with Crippen molar-refractivity contribution in [1.29, 1.82) is 0 Å². The third-order valence-electron chi connectivity index (χ3n) is 15.5. The van der Waals surface area contributed by atoms with Crippen LogP contribution in [0.3, 0.4) is 0 Å². The van der Waals surface area contributed by atoms with E-state index in [9.17, 15) is 14.7 Å². The molecule has 0 amide bonds. The molecule has 6 heterocycles. The molecule has 1 N–H and O–H groups in total. The zero-order valence-electron chi connectivity index (χ0n) is 35.6. The standard InChI is InChI=1S/C47H58BN3O8/c1-8-29-22-30-25-46(42(53)58-10-3,38-32(16-20-50(26-29)27-30)31-14-11-12-15-35(31)48-38)34-23-33-36(24-37(34)56-6)49(5)40-45(33)18-21-51-19-13-17-44(9-2,39(45)51)41(59-28(4)52)47(40,55)43(54)57-7/h11-15,17,22-24,30,39-41,48,55H,8-10,16,18-21,25-27H2,1-7H3/t30-,39-,40?,41+,44+,45+,46-,47?/m0/s1. The fraction of sp³-hybridized carbons (Fsp3) is 0.553. The fourth-order valence-corrected chi connectivity index (χ4v) is 13.5. The molecule has 9 rings (SSSR count). The Labute approximate surface area is 348 Å². The van der Waals surface area contributed by atoms with Crippen LogP contribution in [0.5, 0.6) is 5.75 Å². The number of esters is 3. The van der Waals surface area contributed by atoms with E-state index < -0.39 is 45.9 Å². The van der Waals surface area contributed by atoms with Crippen LogP contribution in [0.25, 0.3) is 5.57 Å². The van der Waals surface area contributed by atoms with Crippen LogP contribution in [-0.2, 0) is 39.4 Å². The minimum absolute atomic E-state index is 0.0620. The molecule has 0 radical (unpaired) electrons. The van der Waals surface area contributed by atoms with Gasteiger partial charge >= 0.3 is 17.9 Å². The van der Waals surface area contributed by atoms with Gasteiger partial charge in [-0.3, -0.25) is 19.4 Å². The number of methoxy groups -OCH3 is 2. The van der Waals surface area contributed by atoms with Crippen molar-refractivity contribution in [1.82, 2.24) is 9.80 Å². The molecule has 6 aliphatic heterocycles. The summed E-state index contributed by atoms with van der Waals surface area (Å²) in [6, 6.07) is 11.6. The molecule has 1 aliphatic carbocycles. The minimum atomic E-state index is -2.27. The molecule has 9 atom stereocenters. The van der Waals surface area contributed by atoms with E-state index in [2.05, 4.69) is 65.3 Å². The highest BCUT2D eigenvalue weighted by molar-refractivity contribution is 6.67. The number of aliphatic hydroxyl groups is 1. The number of likely N-dealkylation sites (N-methyl/N-ethyl adjacent to an activating group) is 1. The summed E-state index contributed by atoms with van der Waals surface area (Å²) in [4.78, 5) is 50.0. The fourth-order valence-electron chi connectivity index (χ4n) is 13.5. The summed E-state index contributed by atoms with van der Waals surface area (Å²) in [6.07, 6.45) is 8.68. The van der Waals surface area contributed by atoms with Crippen LogP contribution in [0.2, 0.25) is 0 Å². The molecule has 1 saturated heterocycles. The second-order valence-electron chi connectivity index (χ2n) is 18.0. The van der Waals surface area contributed by atoms with Crippen LogP contribution >= 0.6 is 0 Å². The van der Waals surface area contributed by atoms with Gasteiger partial charge in [-0.25, -0.2) is 4.79 Å². The van der Waals surface area contributed by atoms with E-state index in [1.807, 2.05) is 31.9 Å². The monoisotopic (exact) mass is 803 g/mol. The Morgan fingerprint density at radius 2 is 1.81 bits per heavy atom. The Kier molecular flexibility index (Phi) is 9.76. The number of rotatable bonds is 8. The molecule has 2 aromatic rings. The smallest absolute Gasteiger partial charge is 0.344 e. The van der Waals surface area contributed by atoms with Crippen LogP contribution in [0.1, 0.15) is 76.5 Å². The Morgan fingerprint density at radius 3 is 2.53 bits per heavy atom. The molecule has 0 aromatic heterocycles. The third-order valence-corrected chi connectivity index (χ3v) is 15.5. The highest BCUT2D eigenvalue weighted by Crippen LogP contribution is 2.68. The van der Waals surface area contributed by atoms with Crippen molar-refractivity contribution in [2.75, 3.05) is 65.5 Å². The van der Waals surface area contributed by atoms with Gasteiger partial charge in [-0.05, 0) is 74.3 Å². The second-order valence-corrected chi connectivity index (χ2v) is 18.0. The maximum atomic E-state index is 15.6. The lowest BCUT2D eigenvalue weighted by molar-refractivity contribution is -0.228. The lowest BCUT2D eigenvalue weighted by Crippen LogP contribution is -2.81. The van der Waals surface area contributed by atoms with E-state index >= 15 is 4.79 Å². The first-order valence-electron chi connectivity index (χ1n) is 21.6. The Morgan fingerprint density at radius 1 is 1.02 bits per heavy atom. The van der Waals surface area contributed by atoms with Crippen LogP contribution in [0.4, 0.5) is 5.69 Å². The normalized spacial score (nSPS) is 35.1. The first-order valence-corrected chi connectivity index (χ1v) is 21.6. The zero-order chi connectivity index (χ0) is 41.6. The van der Waals surface area contributed by atoms with Gasteiger partial charge in [0.1, 0.15) is 11.2 Å². The summed E-state index contributed by atoms with van der Waals surface area (Å²) in [5, 5.41) is 13.4. The lowest BCUT2D eigenvalue weighted by atomic mass is 9.47. The van der Waals surface area contributed by atoms with Crippen molar-refractivity contribution < 1.29 is 38.4 Å². The molecule has 312 valence electrons. The maximum absolute atomic E-state index is 15.6. The van der Waals surface area contributed by atoms with Crippen molar-refractivity contribution in [3.05, 3.63) is 82.4 Å². The van der Waals surface area contributed by atoms with Gasteiger partial charge in [0.15, 0.2) is 13.4 Å². The third kappa shape index (κ3) is 5.34. The molecule has 12 heteroatoms. The number of carbonyl (C=O) groups excluding carboxylic acids is 3. The SMILES string of the molecule is CCOC(=O)[C@]1(c2cc3c(cc2OC)N(C)C2C(O)(C(=O)OC)[C@H](OC(C)=O)[C@]4(CC)C=CCN5CC[C@]32[C@@H]54)C[C@@H]2C=C(CC)CN(CCC3=C1Bc1ccccc13)C2. The van der Waals surface area contributed by atoms with E-state index in [1.165, 1.54) is 36.2 Å². The number of hydrogen-bond donors (Lipinski definition) is 1. The van der Waals surface area contributed by atoms with Gasteiger partial charge in [-0.2, -0.15) is 0 Å². The number of hydrogen-bond acceptors (Lipinski definition) is 11. The largest absolute Gasteiger partial charge is 0.496 e. The molecular weight excluding hydrogens is 745 g/mol. The molecule has 2 bridgehead atoms. The van der Waals surface area contributed by atoms with Gasteiger partial charge in [0, 0.05) is 74.3 Å². The highest BCUT2D eigenvalue weighted by atomic mass is 16.6. The van der Waals surface area contributed by atoms with Gasteiger partial charge in [0.2, 0.25) is 5.60 Å². The predicted octanol–water partition coefficient (Wildman–Crippen LogP) is 3.99. The van der Waals surface area contributed by atoms with E-state index in [4.69, 9.17) is 18.9 Å². The van der Waals surface area contributed by atoms with Gasteiger partial charge in [-0.1, -0.05) is 72.8 Å². The minimum Gasteiger partial charge on any atom is -0.496 e. The van der Waals surface area contributed by atoms with E-state index in [0.717, 1.165) is 54.8 Å². The lowest BCUT2D eigenvalue weighted by Gasteiger charge is -2.63. The van der Waals surface area contributed by atoms with E-state index in [1.54, 1.807) is 7.11 Å². The zero-order valence-corrected chi connectivity index (χ0v) is 35.6. The summed E-state index contributed by atoms with van der Waals surface area (Å²) in [5.74, 6) is -1.10. The second kappa shape index (κ2) is 14.4. The average Bonchev–Trinajstić information content (AvgIpc) is 3.90. The van der Waals surface area contributed by atoms with Crippen LogP contribution in [0.15, 0.2) is 65.7 Å². The maximum Gasteiger partial charge on any atom is 0.344 e. The van der Waals surface area contributed by atoms with E-state index in [-0.39, 0.29) is 24.5 Å². The summed E-state index contributed by atoms with van der Waals surface area (Å²) in [6.45, 7) is 11.7. The van der Waals surface area contributed by atoms with Crippen molar-refractivity contribution in [2.45, 2.75) is 94.4 Å². The number of nitrogens with zero attached hydrogens (tertiary/aromatic N) is 3. The highest BCUT2D eigenvalue weighted by Gasteiger charge is 2.80. The first kappa shape index (κ1) is 40.0. The molecule has 7 aliphatic rings. The average molecular weight is 804 g/mol. The molecule has 2 aromatic carbocycles. The molecule has 11 nitrogen and oxygen atoms in total. The van der Waals surface area contributed by atoms with Gasteiger partial charge in [0.05, 0.1) is 26.9 Å². The Balaban J connectivity index is 1.36. The molecule has 3 unspecified atom stereocenters. The molecular formula is C47H58BN3O8.